The van der Waals surface area contributed by atoms with E-state index in [1.165, 1.54) is 0 Å². The van der Waals surface area contributed by atoms with Gasteiger partial charge < -0.3 is 28.0 Å². The first-order valence-electron chi connectivity index (χ1n) is 0.926. The third-order valence-electron chi connectivity index (χ3n) is 0. The van der Waals surface area contributed by atoms with Crippen LogP contribution in [0.2, 0.25) is 0 Å². The summed E-state index contributed by atoms with van der Waals surface area (Å²) in [5.74, 6) is 0. The Morgan fingerprint density at radius 1 is 0.500 bits per heavy atom. The van der Waals surface area contributed by atoms with E-state index in [4.69, 9.17) is 28.0 Å². The largest absolute Gasteiger partial charge is 3.00 e. The molecule has 0 aromatic carbocycles. The summed E-state index contributed by atoms with van der Waals surface area (Å²) < 4.78 is 49.4. The molecule has 0 aliphatic rings. The fraction of sp³-hybridized carbons (Fsp3) is 0. The summed E-state index contributed by atoms with van der Waals surface area (Å²) in [4.78, 5) is 0. The molecule has 0 amide bonds. The van der Waals surface area contributed by atoms with E-state index in [-0.39, 0.29) is 41.7 Å². The van der Waals surface area contributed by atoms with Gasteiger partial charge in [-0.05, 0) is 0 Å². The van der Waals surface area contributed by atoms with Gasteiger partial charge in [0.05, 0.1) is 34.0 Å². The van der Waals surface area contributed by atoms with Gasteiger partial charge in [0.15, 0.2) is 0 Å². The normalized spacial score (nSPS) is 5.40. The van der Waals surface area contributed by atoms with Crippen molar-refractivity contribution in [1.29, 1.82) is 0 Å². The molecule has 0 atom stereocenters. The fourth-order valence-corrected chi connectivity index (χ4v) is 0. The molecule has 0 bridgehead atoms. The van der Waals surface area contributed by atoms with E-state index in [1.54, 1.807) is 0 Å². The maximum absolute atomic E-state index is 8.24. The molecule has 0 aliphatic carbocycles. The second kappa shape index (κ2) is 44.0. The molecule has 0 saturated carbocycles. The predicted molar refractivity (Wildman–Crippen MR) is 0 cm³/mol. The number of rotatable bonds is 0. The van der Waals surface area contributed by atoms with Gasteiger partial charge >= 0.3 is 41.7 Å². The monoisotopic (exact) mass is 341 g/mol. The number of hydrogen-bond donors (Lipinski definition) is 0. The second-order valence-electron chi connectivity index (χ2n) is 0.189. The molecular formula is CeCl3O6. The molecule has 0 saturated heterocycles. The second-order valence-corrected chi connectivity index (χ2v) is 0.567. The van der Waals surface area contributed by atoms with Crippen molar-refractivity contribution in [2.45, 2.75) is 0 Å². The standard InChI is InChI=1S/Ce.3ClO2/c;3*2-1-3/q+3;3*-1. The number of hydrogen-bond acceptors (Lipinski definition) is 6. The minimum absolute atomic E-state index is 0. The van der Waals surface area contributed by atoms with E-state index >= 15 is 0 Å². The Morgan fingerprint density at radius 2 is 0.500 bits per heavy atom. The molecule has 10 heavy (non-hydrogen) atoms. The minimum Gasteiger partial charge on any atom is -0.544 e. The summed E-state index contributed by atoms with van der Waals surface area (Å²) in [6.45, 7) is 0. The summed E-state index contributed by atoms with van der Waals surface area (Å²) in [5.41, 5.74) is 0. The molecule has 61 valence electrons. The third-order valence-corrected chi connectivity index (χ3v) is 0. The van der Waals surface area contributed by atoms with Crippen LogP contribution in [0.1, 0.15) is 0 Å². The van der Waals surface area contributed by atoms with Gasteiger partial charge in [-0.25, -0.2) is 0 Å². The molecule has 0 N–H and O–H groups in total. The average Bonchev–Trinajstić information content (AvgIpc) is 1.70. The van der Waals surface area contributed by atoms with Crippen molar-refractivity contribution in [3.8, 4) is 0 Å². The Balaban J connectivity index is -0.0000000257. The molecule has 10 heteroatoms. The molecule has 0 aromatic rings. The van der Waals surface area contributed by atoms with E-state index in [1.807, 2.05) is 0 Å². The predicted octanol–water partition coefficient (Wildman–Crippen LogP) is -7.13. The van der Waals surface area contributed by atoms with Gasteiger partial charge in [-0.1, -0.05) is 0 Å². The van der Waals surface area contributed by atoms with Crippen molar-refractivity contribution in [3.63, 3.8) is 0 Å². The maximum Gasteiger partial charge on any atom is 3.00 e. The maximum atomic E-state index is 8.24. The van der Waals surface area contributed by atoms with E-state index in [0.717, 1.165) is 0 Å². The van der Waals surface area contributed by atoms with Gasteiger partial charge in [-0.2, -0.15) is 0 Å². The zero-order chi connectivity index (χ0) is 8.12. The molecule has 0 aromatic heterocycles. The van der Waals surface area contributed by atoms with E-state index in [2.05, 4.69) is 0 Å². The van der Waals surface area contributed by atoms with Crippen LogP contribution in [0.5, 0.6) is 0 Å². The summed E-state index contributed by atoms with van der Waals surface area (Å²) in [6, 6.07) is 0. The topological polar surface area (TPSA) is 138 Å². The zero-order valence-electron chi connectivity index (χ0n) is 4.08. The quantitative estimate of drug-likeness (QED) is 0.429. The first-order valence-corrected chi connectivity index (χ1v) is 2.78. The van der Waals surface area contributed by atoms with Crippen molar-refractivity contribution in [3.05, 3.63) is 0 Å². The van der Waals surface area contributed by atoms with Gasteiger partial charge in [-0.3, -0.25) is 0 Å². The molecule has 1 radical (unpaired) electrons. The molecular weight excluding hydrogens is 342 g/mol. The summed E-state index contributed by atoms with van der Waals surface area (Å²) in [6.07, 6.45) is 0. The van der Waals surface area contributed by atoms with Crippen LogP contribution in [0.25, 0.3) is 0 Å². The average molecular weight is 342 g/mol. The molecule has 0 spiro atoms. The molecule has 0 unspecified atom stereocenters. The summed E-state index contributed by atoms with van der Waals surface area (Å²) in [7, 11) is 0. The summed E-state index contributed by atoms with van der Waals surface area (Å²) >= 11 is -1.25. The summed E-state index contributed by atoms with van der Waals surface area (Å²) in [5, 5.41) is 0. The Morgan fingerprint density at radius 3 is 0.500 bits per heavy atom. The molecule has 0 rings (SSSR count). The van der Waals surface area contributed by atoms with Crippen LogP contribution in [0.4, 0.5) is 0 Å². The van der Waals surface area contributed by atoms with Crippen molar-refractivity contribution >= 4 is 0 Å². The zero-order valence-corrected chi connectivity index (χ0v) is 9.49. The molecule has 0 aliphatic heterocycles. The van der Waals surface area contributed by atoms with Crippen LogP contribution in [-0.2, 0) is 0 Å². The van der Waals surface area contributed by atoms with Gasteiger partial charge in [-0.15, -0.1) is 0 Å². The Kier molecular flexibility index (Phi) is 99.8. The van der Waals surface area contributed by atoms with E-state index in [0.29, 0.717) is 0 Å². The van der Waals surface area contributed by atoms with Crippen molar-refractivity contribution in [2.75, 3.05) is 0 Å². The van der Waals surface area contributed by atoms with Crippen molar-refractivity contribution in [1.82, 2.24) is 0 Å². The van der Waals surface area contributed by atoms with E-state index in [9.17, 15) is 0 Å². The molecule has 0 fully saturated rings. The van der Waals surface area contributed by atoms with Gasteiger partial charge in [0.2, 0.25) is 0 Å². The van der Waals surface area contributed by atoms with Crippen LogP contribution in [0, 0.1) is 75.7 Å². The van der Waals surface area contributed by atoms with E-state index < -0.39 is 34.0 Å². The SMILES string of the molecule is [Ce+3].[O-][Cl+][O-].[O-][Cl+][O-].[O-][Cl+][O-]. The third kappa shape index (κ3) is 202. The Hall–Kier alpha value is 2.01. The molecule has 6 nitrogen and oxygen atoms in total. The first-order chi connectivity index (χ1) is 4.24. The first kappa shape index (κ1) is 22.7. The minimum atomic E-state index is -0.417. The smallest absolute Gasteiger partial charge is 0.544 e. The van der Waals surface area contributed by atoms with Crippen LogP contribution >= 0.6 is 0 Å². The van der Waals surface area contributed by atoms with Gasteiger partial charge in [0.1, 0.15) is 0 Å². The van der Waals surface area contributed by atoms with Crippen LogP contribution in [0.15, 0.2) is 0 Å². The van der Waals surface area contributed by atoms with Crippen molar-refractivity contribution < 1.29 is 104 Å². The van der Waals surface area contributed by atoms with Gasteiger partial charge in [0, 0.05) is 0 Å². The molecule has 0 heterocycles. The Labute approximate surface area is 102 Å². The van der Waals surface area contributed by atoms with Crippen LogP contribution < -0.4 is 28.0 Å². The van der Waals surface area contributed by atoms with Gasteiger partial charge in [0.25, 0.3) is 0 Å². The Bertz CT molecular complexity index is 17.7. The number of halogens is 3. The fourth-order valence-electron chi connectivity index (χ4n) is 0. The van der Waals surface area contributed by atoms with Crippen LogP contribution in [0.3, 0.4) is 0 Å². The van der Waals surface area contributed by atoms with Crippen LogP contribution in [-0.4, -0.2) is 0 Å². The van der Waals surface area contributed by atoms with Crippen molar-refractivity contribution in [2.24, 2.45) is 0 Å².